The molecular formula is C18H26FNS. The van der Waals surface area contributed by atoms with Crippen molar-refractivity contribution < 1.29 is 4.39 Å². The van der Waals surface area contributed by atoms with Crippen molar-refractivity contribution in [2.24, 2.45) is 0 Å². The Hall–Kier alpha value is -1.09. The molecule has 0 radical (unpaired) electrons. The van der Waals surface area contributed by atoms with Gasteiger partial charge in [0.05, 0.1) is 10.4 Å². The molecule has 0 atom stereocenters. The summed E-state index contributed by atoms with van der Waals surface area (Å²) in [5.74, 6) is -0.0481. The number of fused-ring (bicyclic) bond motifs is 1. The van der Waals surface area contributed by atoms with Gasteiger partial charge in [-0.3, -0.25) is 4.98 Å². The minimum Gasteiger partial charge on any atom is -0.252 e. The standard InChI is InChI=1S/C18H26FNS/c1-11-9-10-13-12(2)14(18(3,4)5)15(19)17(16(13)20-11)21(6,7)8/h9-10H,1-8H3. The van der Waals surface area contributed by atoms with Gasteiger partial charge in [-0.05, 0) is 55.2 Å². The Morgan fingerprint density at radius 3 is 2.10 bits per heavy atom. The molecule has 0 saturated heterocycles. The molecular weight excluding hydrogens is 281 g/mol. The molecule has 116 valence electrons. The predicted octanol–water partition coefficient (Wildman–Crippen LogP) is 5.34. The second-order valence-electron chi connectivity index (χ2n) is 7.58. The first-order chi connectivity index (χ1) is 9.44. The zero-order chi connectivity index (χ0) is 16.2. The fourth-order valence-corrected chi connectivity index (χ4v) is 4.38. The Bertz CT molecular complexity index is 706. The fraction of sp³-hybridized carbons (Fsp3) is 0.500. The van der Waals surface area contributed by atoms with E-state index in [-0.39, 0.29) is 11.2 Å². The smallest absolute Gasteiger partial charge is 0.141 e. The summed E-state index contributed by atoms with van der Waals surface area (Å²) < 4.78 is 15.4. The summed E-state index contributed by atoms with van der Waals surface area (Å²) in [5.41, 5.74) is 3.43. The first-order valence-corrected chi connectivity index (χ1v) is 10.1. The lowest BCUT2D eigenvalue weighted by Gasteiger charge is -2.32. The molecule has 1 heterocycles. The number of rotatable bonds is 1. The normalized spacial score (nSPS) is 13.8. The third-order valence-electron chi connectivity index (χ3n) is 3.81. The number of hydrogen-bond donors (Lipinski definition) is 0. The molecule has 0 fully saturated rings. The number of hydrogen-bond acceptors (Lipinski definition) is 1. The average Bonchev–Trinajstić information content (AvgIpc) is 2.24. The summed E-state index contributed by atoms with van der Waals surface area (Å²) >= 11 is 0. The second kappa shape index (κ2) is 4.98. The minimum atomic E-state index is -1.21. The number of benzene rings is 1. The number of aromatic nitrogens is 1. The zero-order valence-electron chi connectivity index (χ0n) is 14.4. The van der Waals surface area contributed by atoms with E-state index in [9.17, 15) is 0 Å². The SMILES string of the molecule is Cc1ccc2c(C)c(C(C)(C)C)c(F)c(S(C)(C)C)c2n1. The lowest BCUT2D eigenvalue weighted by atomic mass is 9.82. The van der Waals surface area contributed by atoms with Gasteiger partial charge in [0.25, 0.3) is 0 Å². The van der Waals surface area contributed by atoms with Crippen molar-refractivity contribution in [1.29, 1.82) is 0 Å². The Kier molecular flexibility index (Phi) is 3.86. The molecule has 1 aromatic heterocycles. The zero-order valence-corrected chi connectivity index (χ0v) is 15.2. The third-order valence-corrected chi connectivity index (χ3v) is 5.41. The molecule has 0 amide bonds. The summed E-state index contributed by atoms with van der Waals surface area (Å²) in [7, 11) is -1.21. The maximum absolute atomic E-state index is 15.4. The Morgan fingerprint density at radius 2 is 1.62 bits per heavy atom. The van der Waals surface area contributed by atoms with Crippen molar-refractivity contribution in [3.63, 3.8) is 0 Å². The van der Waals surface area contributed by atoms with Gasteiger partial charge in [-0.15, -0.1) is 0 Å². The van der Waals surface area contributed by atoms with Crippen molar-refractivity contribution in [2.75, 3.05) is 18.8 Å². The van der Waals surface area contributed by atoms with Crippen LogP contribution in [0, 0.1) is 19.7 Å². The van der Waals surface area contributed by atoms with E-state index >= 15 is 4.39 Å². The molecule has 0 aliphatic carbocycles. The molecule has 0 spiro atoms. The lowest BCUT2D eigenvalue weighted by molar-refractivity contribution is 0.508. The molecule has 2 aromatic rings. The molecule has 0 unspecified atom stereocenters. The Labute approximate surface area is 129 Å². The van der Waals surface area contributed by atoms with E-state index < -0.39 is 10.0 Å². The van der Waals surface area contributed by atoms with Crippen LogP contribution in [0.25, 0.3) is 10.9 Å². The van der Waals surface area contributed by atoms with Crippen molar-refractivity contribution in [2.45, 2.75) is 44.9 Å². The van der Waals surface area contributed by atoms with Gasteiger partial charge in [0.2, 0.25) is 0 Å². The van der Waals surface area contributed by atoms with Crippen LogP contribution >= 0.6 is 10.0 Å². The van der Waals surface area contributed by atoms with Gasteiger partial charge in [0, 0.05) is 11.1 Å². The maximum Gasteiger partial charge on any atom is 0.141 e. The van der Waals surface area contributed by atoms with Crippen LogP contribution in [-0.2, 0) is 5.41 Å². The average molecular weight is 307 g/mol. The van der Waals surface area contributed by atoms with Crippen molar-refractivity contribution >= 4 is 20.9 Å². The Morgan fingerprint density at radius 1 is 1.05 bits per heavy atom. The van der Waals surface area contributed by atoms with Gasteiger partial charge in [-0.2, -0.15) is 0 Å². The van der Waals surface area contributed by atoms with E-state index in [0.717, 1.165) is 32.6 Å². The predicted molar refractivity (Wildman–Crippen MR) is 93.5 cm³/mol. The van der Waals surface area contributed by atoms with Crippen LogP contribution in [0.5, 0.6) is 0 Å². The van der Waals surface area contributed by atoms with Gasteiger partial charge in [-0.25, -0.2) is 14.4 Å². The summed E-state index contributed by atoms with van der Waals surface area (Å²) in [6.45, 7) is 10.2. The summed E-state index contributed by atoms with van der Waals surface area (Å²) in [4.78, 5) is 5.48. The van der Waals surface area contributed by atoms with Gasteiger partial charge < -0.3 is 0 Å². The third kappa shape index (κ3) is 2.80. The van der Waals surface area contributed by atoms with Crippen LogP contribution < -0.4 is 0 Å². The van der Waals surface area contributed by atoms with E-state index in [0.29, 0.717) is 0 Å². The van der Waals surface area contributed by atoms with Crippen molar-refractivity contribution in [3.05, 3.63) is 34.8 Å². The largest absolute Gasteiger partial charge is 0.252 e. The van der Waals surface area contributed by atoms with Crippen LogP contribution in [-0.4, -0.2) is 23.8 Å². The number of halogens is 1. The van der Waals surface area contributed by atoms with Gasteiger partial charge >= 0.3 is 0 Å². The van der Waals surface area contributed by atoms with Gasteiger partial charge in [0.1, 0.15) is 5.82 Å². The number of aryl methyl sites for hydroxylation is 2. The molecule has 0 aliphatic heterocycles. The summed E-state index contributed by atoms with van der Waals surface area (Å²) in [6.07, 6.45) is 6.41. The number of pyridine rings is 1. The highest BCUT2D eigenvalue weighted by Crippen LogP contribution is 2.52. The maximum atomic E-state index is 15.4. The molecule has 2 rings (SSSR count). The molecule has 0 bridgehead atoms. The van der Waals surface area contributed by atoms with E-state index in [2.05, 4.69) is 50.6 Å². The van der Waals surface area contributed by atoms with E-state index in [1.165, 1.54) is 0 Å². The molecule has 3 heteroatoms. The summed E-state index contributed by atoms with van der Waals surface area (Å²) in [5, 5.41) is 1.09. The Balaban J connectivity index is 3.08. The van der Waals surface area contributed by atoms with Crippen LogP contribution in [0.15, 0.2) is 17.0 Å². The molecule has 21 heavy (non-hydrogen) atoms. The molecule has 0 saturated carbocycles. The number of nitrogens with zero attached hydrogens (tertiary/aromatic N) is 1. The highest BCUT2D eigenvalue weighted by Gasteiger charge is 2.29. The van der Waals surface area contributed by atoms with Crippen LogP contribution in [0.3, 0.4) is 0 Å². The van der Waals surface area contributed by atoms with Crippen LogP contribution in [0.1, 0.15) is 37.6 Å². The lowest BCUT2D eigenvalue weighted by Crippen LogP contribution is -2.18. The molecule has 1 aromatic carbocycles. The van der Waals surface area contributed by atoms with E-state index in [1.54, 1.807) is 0 Å². The second-order valence-corrected chi connectivity index (χ2v) is 11.7. The first-order valence-electron chi connectivity index (χ1n) is 7.23. The monoisotopic (exact) mass is 307 g/mol. The van der Waals surface area contributed by atoms with Crippen LogP contribution in [0.4, 0.5) is 4.39 Å². The molecule has 1 nitrogen and oxygen atoms in total. The highest BCUT2D eigenvalue weighted by molar-refractivity contribution is 8.32. The van der Waals surface area contributed by atoms with Crippen molar-refractivity contribution in [3.8, 4) is 0 Å². The molecule has 0 aliphatic rings. The van der Waals surface area contributed by atoms with E-state index in [1.807, 2.05) is 19.9 Å². The molecule has 0 N–H and O–H groups in total. The van der Waals surface area contributed by atoms with E-state index in [4.69, 9.17) is 0 Å². The topological polar surface area (TPSA) is 12.9 Å². The minimum absolute atomic E-state index is 0.0481. The fourth-order valence-electron chi connectivity index (χ4n) is 3.00. The van der Waals surface area contributed by atoms with Gasteiger partial charge in [-0.1, -0.05) is 26.8 Å². The quantitative estimate of drug-likeness (QED) is 0.693. The summed E-state index contributed by atoms with van der Waals surface area (Å²) in [6, 6.07) is 4.11. The van der Waals surface area contributed by atoms with Crippen LogP contribution in [0.2, 0.25) is 0 Å². The van der Waals surface area contributed by atoms with Gasteiger partial charge in [0.15, 0.2) is 0 Å². The first kappa shape index (κ1) is 16.3. The van der Waals surface area contributed by atoms with Crippen molar-refractivity contribution in [1.82, 2.24) is 4.98 Å². The highest BCUT2D eigenvalue weighted by atomic mass is 32.3.